The molecule has 138 valence electrons. The normalized spacial score (nSPS) is 14.7. The molecule has 1 aromatic carbocycles. The highest BCUT2D eigenvalue weighted by Crippen LogP contribution is 2.30. The van der Waals surface area contributed by atoms with Crippen LogP contribution in [-0.2, 0) is 0 Å². The number of anilines is 3. The van der Waals surface area contributed by atoms with Crippen LogP contribution in [-0.4, -0.2) is 28.0 Å². The Labute approximate surface area is 152 Å². The van der Waals surface area contributed by atoms with E-state index in [1.54, 1.807) is 38.3 Å². The van der Waals surface area contributed by atoms with Crippen molar-refractivity contribution in [2.24, 2.45) is 0 Å². The van der Waals surface area contributed by atoms with Gasteiger partial charge in [0, 0.05) is 11.7 Å². The first-order valence-corrected chi connectivity index (χ1v) is 8.77. The molecule has 0 radical (unpaired) electrons. The quantitative estimate of drug-likeness (QED) is 0.590. The van der Waals surface area contributed by atoms with E-state index in [9.17, 15) is 10.1 Å². The molecule has 26 heavy (non-hydrogen) atoms. The predicted molar refractivity (Wildman–Crippen MR) is 100 cm³/mol. The van der Waals surface area contributed by atoms with E-state index in [1.165, 1.54) is 19.3 Å². The van der Waals surface area contributed by atoms with Crippen molar-refractivity contribution < 1.29 is 9.66 Å². The second-order valence-electron chi connectivity index (χ2n) is 6.42. The van der Waals surface area contributed by atoms with Crippen molar-refractivity contribution in [2.45, 2.75) is 45.1 Å². The van der Waals surface area contributed by atoms with Crippen molar-refractivity contribution in [2.75, 3.05) is 17.7 Å². The molecule has 2 N–H and O–H groups in total. The van der Waals surface area contributed by atoms with Crippen molar-refractivity contribution in [3.8, 4) is 5.75 Å². The van der Waals surface area contributed by atoms with Gasteiger partial charge in [0.2, 0.25) is 11.8 Å². The van der Waals surface area contributed by atoms with Gasteiger partial charge < -0.3 is 15.4 Å². The van der Waals surface area contributed by atoms with E-state index in [2.05, 4.69) is 20.6 Å². The van der Waals surface area contributed by atoms with Gasteiger partial charge in [-0.1, -0.05) is 19.3 Å². The third-order valence-electron chi connectivity index (χ3n) is 4.53. The number of aromatic nitrogens is 2. The summed E-state index contributed by atoms with van der Waals surface area (Å²) in [5.41, 5.74) is 0.907. The summed E-state index contributed by atoms with van der Waals surface area (Å²) in [5, 5.41) is 17.8. The maximum atomic E-state index is 11.5. The Kier molecular flexibility index (Phi) is 5.50. The molecule has 1 aliphatic rings. The van der Waals surface area contributed by atoms with Crippen molar-refractivity contribution in [3.63, 3.8) is 0 Å². The molecule has 0 amide bonds. The van der Waals surface area contributed by atoms with E-state index in [1.807, 2.05) is 0 Å². The Hall–Kier alpha value is -2.90. The van der Waals surface area contributed by atoms with Gasteiger partial charge in [0.15, 0.2) is 0 Å². The van der Waals surface area contributed by atoms with E-state index in [0.29, 0.717) is 29.1 Å². The van der Waals surface area contributed by atoms with E-state index < -0.39 is 4.92 Å². The molecular formula is C18H23N5O3. The highest BCUT2D eigenvalue weighted by Gasteiger charge is 2.23. The maximum absolute atomic E-state index is 11.5. The molecule has 1 fully saturated rings. The number of nitrogens with zero attached hydrogens (tertiary/aromatic N) is 3. The lowest BCUT2D eigenvalue weighted by atomic mass is 9.96. The van der Waals surface area contributed by atoms with Crippen LogP contribution in [0.15, 0.2) is 24.3 Å². The number of hydrogen-bond acceptors (Lipinski definition) is 7. The summed E-state index contributed by atoms with van der Waals surface area (Å²) >= 11 is 0. The van der Waals surface area contributed by atoms with Crippen molar-refractivity contribution in [3.05, 3.63) is 40.1 Å². The minimum absolute atomic E-state index is 0.116. The Bertz CT molecular complexity index is 773. The van der Waals surface area contributed by atoms with Gasteiger partial charge in [0.1, 0.15) is 11.4 Å². The van der Waals surface area contributed by atoms with Crippen LogP contribution in [0, 0.1) is 17.0 Å². The van der Waals surface area contributed by atoms with E-state index in [0.717, 1.165) is 12.8 Å². The molecule has 2 aromatic rings. The lowest BCUT2D eigenvalue weighted by Gasteiger charge is -2.23. The number of hydrogen-bond donors (Lipinski definition) is 2. The highest BCUT2D eigenvalue weighted by molar-refractivity contribution is 5.68. The van der Waals surface area contributed by atoms with Gasteiger partial charge in [-0.2, -0.15) is 4.98 Å². The van der Waals surface area contributed by atoms with Crippen molar-refractivity contribution >= 4 is 23.1 Å². The number of nitro groups is 1. The second kappa shape index (κ2) is 7.99. The number of methoxy groups -OCH3 is 1. The van der Waals surface area contributed by atoms with Crippen LogP contribution in [0.3, 0.4) is 0 Å². The average Bonchev–Trinajstić information content (AvgIpc) is 2.62. The number of benzene rings is 1. The molecule has 0 spiro atoms. The van der Waals surface area contributed by atoms with Crippen LogP contribution in [0.25, 0.3) is 0 Å². The molecule has 8 heteroatoms. The first kappa shape index (κ1) is 17.9. The summed E-state index contributed by atoms with van der Waals surface area (Å²) in [6.45, 7) is 1.63. The Morgan fingerprint density at radius 2 is 1.85 bits per heavy atom. The van der Waals surface area contributed by atoms with Crippen molar-refractivity contribution in [1.82, 2.24) is 9.97 Å². The summed E-state index contributed by atoms with van der Waals surface area (Å²) in [5.74, 6) is 1.32. The van der Waals surface area contributed by atoms with Crippen LogP contribution < -0.4 is 15.4 Å². The van der Waals surface area contributed by atoms with Crippen molar-refractivity contribution in [1.29, 1.82) is 0 Å². The Morgan fingerprint density at radius 3 is 2.46 bits per heavy atom. The largest absolute Gasteiger partial charge is 0.497 e. The molecule has 1 saturated carbocycles. The zero-order valence-corrected chi connectivity index (χ0v) is 15.0. The van der Waals surface area contributed by atoms with Gasteiger partial charge in [-0.15, -0.1) is 0 Å². The maximum Gasteiger partial charge on any atom is 0.332 e. The molecule has 1 heterocycles. The zero-order valence-electron chi connectivity index (χ0n) is 15.0. The lowest BCUT2D eigenvalue weighted by Crippen LogP contribution is -2.24. The first-order valence-electron chi connectivity index (χ1n) is 8.77. The number of rotatable bonds is 6. The fourth-order valence-electron chi connectivity index (χ4n) is 3.18. The number of ether oxygens (including phenoxy) is 1. The third-order valence-corrected chi connectivity index (χ3v) is 4.53. The van der Waals surface area contributed by atoms with Gasteiger partial charge >= 0.3 is 5.69 Å². The molecule has 3 rings (SSSR count). The van der Waals surface area contributed by atoms with Gasteiger partial charge in [0.25, 0.3) is 0 Å². The molecule has 0 bridgehead atoms. The monoisotopic (exact) mass is 357 g/mol. The summed E-state index contributed by atoms with van der Waals surface area (Å²) in [7, 11) is 1.59. The highest BCUT2D eigenvalue weighted by atomic mass is 16.6. The summed E-state index contributed by atoms with van der Waals surface area (Å²) in [4.78, 5) is 19.7. The molecular weight excluding hydrogens is 334 g/mol. The van der Waals surface area contributed by atoms with Crippen LogP contribution in [0.5, 0.6) is 5.75 Å². The summed E-state index contributed by atoms with van der Waals surface area (Å²) in [6, 6.07) is 7.45. The van der Waals surface area contributed by atoms with Gasteiger partial charge in [-0.25, -0.2) is 4.98 Å². The molecule has 0 unspecified atom stereocenters. The van der Waals surface area contributed by atoms with Gasteiger partial charge in [-0.3, -0.25) is 10.1 Å². The fraction of sp³-hybridized carbons (Fsp3) is 0.444. The number of nitrogens with one attached hydrogen (secondary N) is 2. The Balaban J connectivity index is 1.88. The minimum atomic E-state index is -0.453. The van der Waals surface area contributed by atoms with E-state index in [4.69, 9.17) is 4.74 Å². The summed E-state index contributed by atoms with van der Waals surface area (Å²) < 4.78 is 5.13. The zero-order chi connectivity index (χ0) is 18.5. The van der Waals surface area contributed by atoms with Crippen LogP contribution in [0.1, 0.15) is 37.8 Å². The Morgan fingerprint density at radius 1 is 1.15 bits per heavy atom. The molecule has 0 aliphatic heterocycles. The molecule has 0 saturated heterocycles. The topological polar surface area (TPSA) is 102 Å². The number of aryl methyl sites for hydroxylation is 1. The molecule has 0 atom stereocenters. The molecule has 1 aliphatic carbocycles. The smallest absolute Gasteiger partial charge is 0.332 e. The fourth-order valence-corrected chi connectivity index (χ4v) is 3.18. The first-order chi connectivity index (χ1) is 12.6. The van der Waals surface area contributed by atoms with Crippen LogP contribution in [0.2, 0.25) is 0 Å². The third kappa shape index (κ3) is 4.19. The van der Waals surface area contributed by atoms with E-state index in [-0.39, 0.29) is 11.5 Å². The predicted octanol–water partition coefficient (Wildman–Crippen LogP) is 4.19. The second-order valence-corrected chi connectivity index (χ2v) is 6.42. The average molecular weight is 357 g/mol. The standard InChI is InChI=1S/C18H23N5O3/c1-12-16(23(24)25)17(20-14-8-10-15(26-2)11-9-14)22-18(19-12)21-13-6-4-3-5-7-13/h8-11,13H,3-7H2,1-2H3,(H2,19,20,21,22). The SMILES string of the molecule is COc1ccc(Nc2nc(NC3CCCCC3)nc(C)c2[N+](=O)[O-])cc1. The van der Waals surface area contributed by atoms with Gasteiger partial charge in [-0.05, 0) is 44.0 Å². The van der Waals surface area contributed by atoms with Gasteiger partial charge in [0.05, 0.1) is 12.0 Å². The lowest BCUT2D eigenvalue weighted by molar-refractivity contribution is -0.385. The minimum Gasteiger partial charge on any atom is -0.497 e. The molecule has 8 nitrogen and oxygen atoms in total. The summed E-state index contributed by atoms with van der Waals surface area (Å²) in [6.07, 6.45) is 5.76. The van der Waals surface area contributed by atoms with Crippen LogP contribution in [0.4, 0.5) is 23.1 Å². The van der Waals surface area contributed by atoms with E-state index >= 15 is 0 Å². The molecule has 1 aromatic heterocycles. The van der Waals surface area contributed by atoms with Crippen LogP contribution >= 0.6 is 0 Å².